The van der Waals surface area contributed by atoms with Crippen LogP contribution in [0.5, 0.6) is 0 Å². The van der Waals surface area contributed by atoms with Crippen molar-refractivity contribution in [2.45, 2.75) is 19.8 Å². The first-order valence-corrected chi connectivity index (χ1v) is 5.24. The zero-order chi connectivity index (χ0) is 12.0. The Morgan fingerprint density at radius 2 is 2.50 bits per heavy atom. The first-order valence-electron chi connectivity index (χ1n) is 5.24. The molecule has 0 atom stereocenters. The quantitative estimate of drug-likeness (QED) is 0.406. The number of esters is 1. The van der Waals surface area contributed by atoms with Crippen LogP contribution >= 0.6 is 0 Å². The number of hydrogen-bond donors (Lipinski definition) is 0. The Labute approximate surface area is 95.0 Å². The molecule has 0 bridgehead atoms. The second-order valence-corrected chi connectivity index (χ2v) is 3.45. The highest BCUT2D eigenvalue weighted by Gasteiger charge is 2.14. The van der Waals surface area contributed by atoms with Gasteiger partial charge in [0.1, 0.15) is 11.9 Å². The van der Waals surface area contributed by atoms with Gasteiger partial charge in [0.15, 0.2) is 5.57 Å². The van der Waals surface area contributed by atoms with E-state index >= 15 is 0 Å². The molecule has 1 aliphatic heterocycles. The van der Waals surface area contributed by atoms with Crippen molar-refractivity contribution in [3.63, 3.8) is 0 Å². The number of aliphatic imine (C=N–C) groups is 1. The highest BCUT2D eigenvalue weighted by molar-refractivity contribution is 5.93. The van der Waals surface area contributed by atoms with Gasteiger partial charge < -0.3 is 9.64 Å². The fourth-order valence-corrected chi connectivity index (χ4v) is 1.43. The molecule has 1 saturated heterocycles. The molecule has 1 heterocycles. The van der Waals surface area contributed by atoms with Crippen molar-refractivity contribution >= 4 is 11.8 Å². The SMILES string of the molecule is CCOC(=O)/C(C#N)=C\N=C1CCCN1C. The Bertz CT molecular complexity index is 366. The molecule has 86 valence electrons. The maximum absolute atomic E-state index is 11.3. The molecule has 0 aromatic carbocycles. The lowest BCUT2D eigenvalue weighted by molar-refractivity contribution is -0.138. The Morgan fingerprint density at radius 1 is 1.75 bits per heavy atom. The van der Waals surface area contributed by atoms with Gasteiger partial charge in [0.25, 0.3) is 0 Å². The highest BCUT2D eigenvalue weighted by atomic mass is 16.5. The van der Waals surface area contributed by atoms with Crippen LogP contribution in [0.2, 0.25) is 0 Å². The lowest BCUT2D eigenvalue weighted by Crippen LogP contribution is -2.18. The largest absolute Gasteiger partial charge is 0.462 e. The highest BCUT2D eigenvalue weighted by Crippen LogP contribution is 2.09. The summed E-state index contributed by atoms with van der Waals surface area (Å²) < 4.78 is 4.72. The average Bonchev–Trinajstić information content (AvgIpc) is 2.66. The number of amidine groups is 1. The van der Waals surface area contributed by atoms with Gasteiger partial charge in [-0.25, -0.2) is 9.79 Å². The summed E-state index contributed by atoms with van der Waals surface area (Å²) in [6.07, 6.45) is 3.23. The van der Waals surface area contributed by atoms with Crippen LogP contribution in [0.15, 0.2) is 16.8 Å². The van der Waals surface area contributed by atoms with Crippen LogP contribution in [0.25, 0.3) is 0 Å². The molecule has 0 spiro atoms. The van der Waals surface area contributed by atoms with E-state index in [1.54, 1.807) is 13.0 Å². The van der Waals surface area contributed by atoms with Gasteiger partial charge in [-0.05, 0) is 13.3 Å². The second kappa shape index (κ2) is 5.91. The van der Waals surface area contributed by atoms with Gasteiger partial charge in [0, 0.05) is 20.0 Å². The number of carbonyl (C=O) groups is 1. The summed E-state index contributed by atoms with van der Waals surface area (Å²) in [6, 6.07) is 1.79. The van der Waals surface area contributed by atoms with Crippen LogP contribution in [-0.2, 0) is 9.53 Å². The van der Waals surface area contributed by atoms with E-state index in [-0.39, 0.29) is 12.2 Å². The molecule has 5 nitrogen and oxygen atoms in total. The summed E-state index contributed by atoms with van der Waals surface area (Å²) in [7, 11) is 1.94. The van der Waals surface area contributed by atoms with Gasteiger partial charge in [0.2, 0.25) is 0 Å². The van der Waals surface area contributed by atoms with E-state index in [0.717, 1.165) is 25.2 Å². The van der Waals surface area contributed by atoms with E-state index in [4.69, 9.17) is 10.00 Å². The first-order chi connectivity index (χ1) is 7.69. The van der Waals surface area contributed by atoms with E-state index < -0.39 is 5.97 Å². The zero-order valence-corrected chi connectivity index (χ0v) is 9.56. The minimum Gasteiger partial charge on any atom is -0.462 e. The van der Waals surface area contributed by atoms with Crippen LogP contribution < -0.4 is 0 Å². The lowest BCUT2D eigenvalue weighted by atomic mass is 10.3. The van der Waals surface area contributed by atoms with Crippen molar-refractivity contribution in [2.24, 2.45) is 4.99 Å². The van der Waals surface area contributed by atoms with Crippen LogP contribution in [-0.4, -0.2) is 36.9 Å². The Balaban J connectivity index is 2.74. The molecule has 16 heavy (non-hydrogen) atoms. The zero-order valence-electron chi connectivity index (χ0n) is 9.56. The fraction of sp³-hybridized carbons (Fsp3) is 0.545. The summed E-state index contributed by atoms with van der Waals surface area (Å²) in [4.78, 5) is 17.4. The molecule has 0 amide bonds. The summed E-state index contributed by atoms with van der Waals surface area (Å²) in [5.41, 5.74) is -0.0605. The lowest BCUT2D eigenvalue weighted by Gasteiger charge is -2.09. The topological polar surface area (TPSA) is 65.7 Å². The molecule has 1 aliphatic rings. The van der Waals surface area contributed by atoms with Crippen molar-refractivity contribution in [3.8, 4) is 6.07 Å². The normalized spacial score (nSPS) is 18.7. The van der Waals surface area contributed by atoms with E-state index in [2.05, 4.69) is 4.99 Å². The van der Waals surface area contributed by atoms with Gasteiger partial charge in [-0.3, -0.25) is 0 Å². The molecule has 0 aliphatic carbocycles. The number of nitrogens with zero attached hydrogens (tertiary/aromatic N) is 3. The third kappa shape index (κ3) is 3.09. The van der Waals surface area contributed by atoms with Crippen LogP contribution in [0, 0.1) is 11.3 Å². The maximum Gasteiger partial charge on any atom is 0.350 e. The van der Waals surface area contributed by atoms with Crippen molar-refractivity contribution in [3.05, 3.63) is 11.8 Å². The first kappa shape index (κ1) is 12.2. The number of hydrogen-bond acceptors (Lipinski definition) is 4. The molecular weight excluding hydrogens is 206 g/mol. The minimum atomic E-state index is -0.616. The van der Waals surface area contributed by atoms with Gasteiger partial charge in [-0.2, -0.15) is 5.26 Å². The molecule has 5 heteroatoms. The second-order valence-electron chi connectivity index (χ2n) is 3.45. The van der Waals surface area contributed by atoms with E-state index in [9.17, 15) is 4.79 Å². The van der Waals surface area contributed by atoms with Crippen molar-refractivity contribution < 1.29 is 9.53 Å². The standard InChI is InChI=1S/C11H15N3O2/c1-3-16-11(15)9(7-12)8-13-10-5-4-6-14(10)2/h8H,3-6H2,1-2H3/b9-8-,13-10?. The molecule has 1 fully saturated rings. The Hall–Kier alpha value is -1.83. The van der Waals surface area contributed by atoms with E-state index in [1.807, 2.05) is 11.9 Å². The van der Waals surface area contributed by atoms with Crippen LogP contribution in [0.1, 0.15) is 19.8 Å². The third-order valence-electron chi connectivity index (χ3n) is 2.29. The Kier molecular flexibility index (Phi) is 4.52. The molecule has 0 radical (unpaired) electrons. The molecule has 0 aromatic rings. The summed E-state index contributed by atoms with van der Waals surface area (Å²) in [5, 5.41) is 8.76. The van der Waals surface area contributed by atoms with E-state index in [1.165, 1.54) is 6.20 Å². The fourth-order valence-electron chi connectivity index (χ4n) is 1.43. The van der Waals surface area contributed by atoms with Gasteiger partial charge >= 0.3 is 5.97 Å². The number of rotatable bonds is 3. The van der Waals surface area contributed by atoms with Crippen LogP contribution in [0.3, 0.4) is 0 Å². The van der Waals surface area contributed by atoms with Crippen molar-refractivity contribution in [2.75, 3.05) is 20.2 Å². The van der Waals surface area contributed by atoms with Crippen LogP contribution in [0.4, 0.5) is 0 Å². The summed E-state index contributed by atoms with van der Waals surface area (Å²) in [6.45, 7) is 2.92. The summed E-state index contributed by atoms with van der Waals surface area (Å²) >= 11 is 0. The predicted molar refractivity (Wildman–Crippen MR) is 59.6 cm³/mol. The predicted octanol–water partition coefficient (Wildman–Crippen LogP) is 1.08. The molecule has 1 rings (SSSR count). The Morgan fingerprint density at radius 3 is 3.00 bits per heavy atom. The number of nitriles is 1. The average molecular weight is 221 g/mol. The summed E-state index contributed by atoms with van der Waals surface area (Å²) in [5.74, 6) is 0.284. The van der Waals surface area contributed by atoms with Gasteiger partial charge in [-0.15, -0.1) is 0 Å². The smallest absolute Gasteiger partial charge is 0.350 e. The number of ether oxygens (including phenoxy) is 1. The van der Waals surface area contributed by atoms with Gasteiger partial charge in [-0.1, -0.05) is 0 Å². The number of carbonyl (C=O) groups excluding carboxylic acids is 1. The molecular formula is C11H15N3O2. The van der Waals surface area contributed by atoms with Crippen molar-refractivity contribution in [1.29, 1.82) is 5.26 Å². The molecule has 0 aromatic heterocycles. The molecule has 0 N–H and O–H groups in total. The molecule has 0 unspecified atom stereocenters. The van der Waals surface area contributed by atoms with E-state index in [0.29, 0.717) is 0 Å². The minimum absolute atomic E-state index is 0.0605. The number of likely N-dealkylation sites (tertiary alicyclic amines) is 1. The third-order valence-corrected chi connectivity index (χ3v) is 2.29. The maximum atomic E-state index is 11.3. The monoisotopic (exact) mass is 221 g/mol. The molecule has 0 saturated carbocycles. The van der Waals surface area contributed by atoms with Crippen molar-refractivity contribution in [1.82, 2.24) is 4.90 Å². The van der Waals surface area contributed by atoms with Gasteiger partial charge in [0.05, 0.1) is 12.8 Å².